The lowest BCUT2D eigenvalue weighted by atomic mass is 10.1. The van der Waals surface area contributed by atoms with E-state index in [1.165, 1.54) is 22.1 Å². The normalized spacial score (nSPS) is 11.6. The molecule has 9 heteroatoms. The van der Waals surface area contributed by atoms with E-state index in [9.17, 15) is 13.2 Å². The molecule has 0 amide bonds. The number of sulfonamides is 1. The summed E-state index contributed by atoms with van der Waals surface area (Å²) in [4.78, 5) is 17.7. The van der Waals surface area contributed by atoms with E-state index in [0.29, 0.717) is 5.69 Å². The Morgan fingerprint density at radius 2 is 1.62 bits per heavy atom. The summed E-state index contributed by atoms with van der Waals surface area (Å²) < 4.78 is 29.1. The molecule has 0 radical (unpaired) electrons. The summed E-state index contributed by atoms with van der Waals surface area (Å²) in [6.07, 6.45) is 0. The minimum Gasteiger partial charge on any atom is -0.268 e. The van der Waals surface area contributed by atoms with Gasteiger partial charge in [0.2, 0.25) is 10.0 Å². The highest BCUT2D eigenvalue weighted by atomic mass is 32.2. The van der Waals surface area contributed by atoms with Crippen LogP contribution >= 0.6 is 11.3 Å². The fourth-order valence-electron chi connectivity index (χ4n) is 3.33. The third kappa shape index (κ3) is 4.85. The van der Waals surface area contributed by atoms with Crippen LogP contribution in [0.4, 0.5) is 0 Å². The van der Waals surface area contributed by atoms with Gasteiger partial charge in [-0.3, -0.25) is 4.79 Å². The number of aryl methyl sites for hydroxylation is 2. The van der Waals surface area contributed by atoms with Gasteiger partial charge >= 0.3 is 0 Å². The van der Waals surface area contributed by atoms with Crippen LogP contribution < -0.4 is 10.3 Å². The van der Waals surface area contributed by atoms with Crippen molar-refractivity contribution in [2.24, 2.45) is 0 Å². The second-order valence-corrected chi connectivity index (χ2v) is 10.2. The lowest BCUT2D eigenvalue weighted by Gasteiger charge is -2.09. The molecule has 0 bridgehead atoms. The Hall–Kier alpha value is -3.14. The summed E-state index contributed by atoms with van der Waals surface area (Å²) in [5, 5.41) is 5.31. The molecule has 0 saturated carbocycles. The Morgan fingerprint density at radius 1 is 0.938 bits per heavy atom. The van der Waals surface area contributed by atoms with Gasteiger partial charge in [0.1, 0.15) is 5.69 Å². The van der Waals surface area contributed by atoms with Crippen LogP contribution in [0.3, 0.4) is 0 Å². The van der Waals surface area contributed by atoms with Crippen LogP contribution in [0.25, 0.3) is 21.7 Å². The lowest BCUT2D eigenvalue weighted by Crippen LogP contribution is -2.32. The van der Waals surface area contributed by atoms with Crippen molar-refractivity contribution in [3.05, 3.63) is 87.8 Å². The SMILES string of the molecule is Cc1nc(C)c(-c2ccc(=O)n(CCNS(=O)(=O)c3ccc(-c4ccccc4)cc3)n2)s1. The van der Waals surface area contributed by atoms with Crippen molar-refractivity contribution in [3.8, 4) is 21.7 Å². The smallest absolute Gasteiger partial charge is 0.266 e. The Bertz CT molecular complexity index is 1390. The standard InChI is InChI=1S/C23H22N4O3S2/c1-16-23(31-17(2)25-16)21-12-13-22(28)27(26-21)15-14-24-32(29,30)20-10-8-19(9-11-20)18-6-4-3-5-7-18/h3-13,24H,14-15H2,1-2H3. The quantitative estimate of drug-likeness (QED) is 0.449. The predicted octanol–water partition coefficient (Wildman–Crippen LogP) is 3.63. The molecule has 0 fully saturated rings. The molecular weight excluding hydrogens is 444 g/mol. The molecule has 0 atom stereocenters. The van der Waals surface area contributed by atoms with E-state index in [0.717, 1.165) is 26.7 Å². The van der Waals surface area contributed by atoms with Gasteiger partial charge in [-0.1, -0.05) is 42.5 Å². The zero-order chi connectivity index (χ0) is 22.7. The van der Waals surface area contributed by atoms with Gasteiger partial charge in [-0.2, -0.15) is 5.10 Å². The molecule has 4 aromatic rings. The summed E-state index contributed by atoms with van der Waals surface area (Å²) in [5.74, 6) is 0. The van der Waals surface area contributed by atoms with Crippen molar-refractivity contribution >= 4 is 21.4 Å². The molecule has 0 unspecified atom stereocenters. The number of thiazole rings is 1. The predicted molar refractivity (Wildman–Crippen MR) is 126 cm³/mol. The van der Waals surface area contributed by atoms with Crippen molar-refractivity contribution in [3.63, 3.8) is 0 Å². The van der Waals surface area contributed by atoms with Crippen molar-refractivity contribution in [2.45, 2.75) is 25.3 Å². The number of hydrogen-bond donors (Lipinski definition) is 1. The third-order valence-electron chi connectivity index (χ3n) is 4.89. The maximum Gasteiger partial charge on any atom is 0.266 e. The first-order valence-electron chi connectivity index (χ1n) is 10.0. The molecule has 0 spiro atoms. The first-order valence-corrected chi connectivity index (χ1v) is 12.3. The molecule has 4 rings (SSSR count). The highest BCUT2D eigenvalue weighted by Gasteiger charge is 2.15. The third-order valence-corrected chi connectivity index (χ3v) is 7.46. The fraction of sp³-hybridized carbons (Fsp3) is 0.174. The first kappa shape index (κ1) is 22.1. The summed E-state index contributed by atoms with van der Waals surface area (Å²) in [6.45, 7) is 3.97. The number of nitrogens with zero attached hydrogens (tertiary/aromatic N) is 3. The average molecular weight is 467 g/mol. The van der Waals surface area contributed by atoms with Crippen molar-refractivity contribution in [1.82, 2.24) is 19.5 Å². The molecule has 0 aliphatic rings. The monoisotopic (exact) mass is 466 g/mol. The van der Waals surface area contributed by atoms with Gasteiger partial charge in [0.05, 0.1) is 27.0 Å². The van der Waals surface area contributed by atoms with Gasteiger partial charge in [-0.05, 0) is 43.2 Å². The van der Waals surface area contributed by atoms with Gasteiger partial charge in [0.25, 0.3) is 5.56 Å². The number of hydrogen-bond acceptors (Lipinski definition) is 6. The summed E-state index contributed by atoms with van der Waals surface area (Å²) in [7, 11) is -3.71. The van der Waals surface area contributed by atoms with E-state index in [4.69, 9.17) is 0 Å². The Morgan fingerprint density at radius 3 is 2.28 bits per heavy atom. The summed E-state index contributed by atoms with van der Waals surface area (Å²) in [6, 6.07) is 19.5. The Labute approximate surface area is 190 Å². The average Bonchev–Trinajstić information content (AvgIpc) is 3.13. The van der Waals surface area contributed by atoms with Gasteiger partial charge in [-0.25, -0.2) is 22.8 Å². The van der Waals surface area contributed by atoms with Crippen LogP contribution in [0.2, 0.25) is 0 Å². The van der Waals surface area contributed by atoms with Crippen molar-refractivity contribution in [1.29, 1.82) is 0 Å². The van der Waals surface area contributed by atoms with Gasteiger partial charge in [0, 0.05) is 12.6 Å². The number of benzene rings is 2. The van der Waals surface area contributed by atoms with E-state index in [1.54, 1.807) is 30.3 Å². The van der Waals surface area contributed by atoms with Crippen LogP contribution in [0.5, 0.6) is 0 Å². The Balaban J connectivity index is 1.45. The largest absolute Gasteiger partial charge is 0.268 e. The molecule has 0 aliphatic carbocycles. The van der Waals surface area contributed by atoms with Crippen LogP contribution in [0, 0.1) is 13.8 Å². The fourth-order valence-corrected chi connectivity index (χ4v) is 5.23. The van der Waals surface area contributed by atoms with Gasteiger partial charge in [-0.15, -0.1) is 11.3 Å². The van der Waals surface area contributed by atoms with Crippen LogP contribution in [-0.4, -0.2) is 29.7 Å². The molecule has 164 valence electrons. The molecule has 0 aliphatic heterocycles. The van der Waals surface area contributed by atoms with E-state index in [2.05, 4.69) is 14.8 Å². The van der Waals surface area contributed by atoms with Crippen LogP contribution in [-0.2, 0) is 16.6 Å². The molecule has 0 saturated heterocycles. The minimum absolute atomic E-state index is 0.0415. The Kier molecular flexibility index (Phi) is 6.31. The molecule has 2 aromatic heterocycles. The maximum atomic E-state index is 12.7. The molecule has 2 aromatic carbocycles. The highest BCUT2D eigenvalue weighted by Crippen LogP contribution is 2.27. The van der Waals surface area contributed by atoms with Crippen LogP contribution in [0.1, 0.15) is 10.7 Å². The second-order valence-electron chi connectivity index (χ2n) is 7.22. The van der Waals surface area contributed by atoms with E-state index in [1.807, 2.05) is 44.2 Å². The zero-order valence-corrected chi connectivity index (χ0v) is 19.3. The highest BCUT2D eigenvalue weighted by molar-refractivity contribution is 7.89. The molecule has 2 heterocycles. The zero-order valence-electron chi connectivity index (χ0n) is 17.6. The number of nitrogens with one attached hydrogen (secondary N) is 1. The number of rotatable bonds is 7. The van der Waals surface area contributed by atoms with Gasteiger partial charge < -0.3 is 0 Å². The molecule has 7 nitrogen and oxygen atoms in total. The summed E-state index contributed by atoms with van der Waals surface area (Å²) >= 11 is 1.51. The maximum absolute atomic E-state index is 12.7. The minimum atomic E-state index is -3.71. The van der Waals surface area contributed by atoms with Crippen molar-refractivity contribution < 1.29 is 8.42 Å². The lowest BCUT2D eigenvalue weighted by molar-refractivity contribution is 0.549. The first-order chi connectivity index (χ1) is 15.3. The molecule has 1 N–H and O–H groups in total. The number of aromatic nitrogens is 3. The van der Waals surface area contributed by atoms with Crippen molar-refractivity contribution in [2.75, 3.05) is 6.54 Å². The topological polar surface area (TPSA) is 94.0 Å². The summed E-state index contributed by atoms with van der Waals surface area (Å²) in [5.41, 5.74) is 3.16. The van der Waals surface area contributed by atoms with Crippen LogP contribution in [0.15, 0.2) is 76.4 Å². The van der Waals surface area contributed by atoms with E-state index < -0.39 is 10.0 Å². The van der Waals surface area contributed by atoms with E-state index >= 15 is 0 Å². The molecular formula is C23H22N4O3S2. The van der Waals surface area contributed by atoms with E-state index in [-0.39, 0.29) is 23.5 Å². The molecule has 32 heavy (non-hydrogen) atoms. The second kappa shape index (κ2) is 9.15. The van der Waals surface area contributed by atoms with Gasteiger partial charge in [0.15, 0.2) is 0 Å².